The predicted octanol–water partition coefficient (Wildman–Crippen LogP) is 1.41. The highest BCUT2D eigenvalue weighted by Gasteiger charge is 1.98. The van der Waals surface area contributed by atoms with Gasteiger partial charge in [0.2, 0.25) is 0 Å². The third-order valence-electron chi connectivity index (χ3n) is 2.19. The van der Waals surface area contributed by atoms with E-state index >= 15 is 0 Å². The number of aliphatic carboxylic acids is 1. The van der Waals surface area contributed by atoms with Crippen molar-refractivity contribution in [2.24, 2.45) is 0 Å². The summed E-state index contributed by atoms with van der Waals surface area (Å²) in [4.78, 5) is 21.7. The first kappa shape index (κ1) is 11.5. The third-order valence-corrected chi connectivity index (χ3v) is 2.19. The van der Waals surface area contributed by atoms with E-state index in [0.29, 0.717) is 13.0 Å². The zero-order valence-electron chi connectivity index (χ0n) is 8.77. The average Bonchev–Trinajstić information content (AvgIpc) is 2.14. The van der Waals surface area contributed by atoms with Crippen LogP contribution in [-0.4, -0.2) is 15.6 Å². The summed E-state index contributed by atoms with van der Waals surface area (Å²) >= 11 is 0. The Bertz CT molecular complexity index is 395. The van der Waals surface area contributed by atoms with E-state index < -0.39 is 5.97 Å². The molecule has 0 radical (unpaired) electrons. The fraction of sp³-hybridized carbons (Fsp3) is 0.455. The van der Waals surface area contributed by atoms with Gasteiger partial charge in [0.1, 0.15) is 0 Å². The monoisotopic (exact) mass is 209 g/mol. The van der Waals surface area contributed by atoms with Crippen molar-refractivity contribution in [2.45, 2.75) is 32.7 Å². The lowest BCUT2D eigenvalue weighted by atomic mass is 10.2. The van der Waals surface area contributed by atoms with Crippen LogP contribution in [0.25, 0.3) is 0 Å². The molecule has 15 heavy (non-hydrogen) atoms. The summed E-state index contributed by atoms with van der Waals surface area (Å²) in [6, 6.07) is 3.45. The molecule has 0 aliphatic rings. The van der Waals surface area contributed by atoms with Crippen LogP contribution < -0.4 is 5.56 Å². The Morgan fingerprint density at radius 2 is 2.20 bits per heavy atom. The number of hydrogen-bond acceptors (Lipinski definition) is 2. The largest absolute Gasteiger partial charge is 0.481 e. The van der Waals surface area contributed by atoms with Gasteiger partial charge in [0.05, 0.1) is 0 Å². The van der Waals surface area contributed by atoms with Gasteiger partial charge < -0.3 is 9.67 Å². The standard InChI is InChI=1S/C11H15NO3/c1-9-5-7-12(10(13)8-9)6-3-2-4-11(14)15/h5,7-8H,2-4,6H2,1H3,(H,14,15). The number of rotatable bonds is 5. The van der Waals surface area contributed by atoms with E-state index in [0.717, 1.165) is 12.0 Å². The summed E-state index contributed by atoms with van der Waals surface area (Å²) in [5, 5.41) is 8.43. The second-order valence-corrected chi connectivity index (χ2v) is 3.59. The van der Waals surface area contributed by atoms with E-state index in [4.69, 9.17) is 5.11 Å². The van der Waals surface area contributed by atoms with E-state index in [1.165, 1.54) is 0 Å². The van der Waals surface area contributed by atoms with Gasteiger partial charge in [-0.3, -0.25) is 9.59 Å². The maximum absolute atomic E-state index is 11.4. The lowest BCUT2D eigenvalue weighted by Crippen LogP contribution is -2.18. The molecule has 0 saturated carbocycles. The number of carboxylic acid groups (broad SMARTS) is 1. The van der Waals surface area contributed by atoms with E-state index in [9.17, 15) is 9.59 Å². The Morgan fingerprint density at radius 3 is 2.80 bits per heavy atom. The van der Waals surface area contributed by atoms with Crippen LogP contribution in [0.1, 0.15) is 24.8 Å². The number of carbonyl (C=O) groups is 1. The summed E-state index contributed by atoms with van der Waals surface area (Å²) in [5.41, 5.74) is 0.923. The van der Waals surface area contributed by atoms with Crippen molar-refractivity contribution in [3.8, 4) is 0 Å². The lowest BCUT2D eigenvalue weighted by Gasteiger charge is -2.04. The molecular formula is C11H15NO3. The molecule has 4 nitrogen and oxygen atoms in total. The number of carboxylic acids is 1. The quantitative estimate of drug-likeness (QED) is 0.746. The molecule has 1 aromatic heterocycles. The summed E-state index contributed by atoms with van der Waals surface area (Å²) in [6.07, 6.45) is 3.24. The molecule has 0 spiro atoms. The minimum atomic E-state index is -0.786. The fourth-order valence-corrected chi connectivity index (χ4v) is 1.35. The number of nitrogens with zero attached hydrogens (tertiary/aromatic N) is 1. The molecule has 0 unspecified atom stereocenters. The van der Waals surface area contributed by atoms with Crippen LogP contribution in [0.3, 0.4) is 0 Å². The minimum Gasteiger partial charge on any atom is -0.481 e. The van der Waals surface area contributed by atoms with Crippen LogP contribution in [0.4, 0.5) is 0 Å². The van der Waals surface area contributed by atoms with Crippen molar-refractivity contribution in [3.05, 3.63) is 34.2 Å². The van der Waals surface area contributed by atoms with Crippen LogP contribution in [-0.2, 0) is 11.3 Å². The molecule has 0 bridgehead atoms. The van der Waals surface area contributed by atoms with Gasteiger partial charge in [-0.1, -0.05) is 0 Å². The summed E-state index contributed by atoms with van der Waals surface area (Å²) < 4.78 is 1.61. The van der Waals surface area contributed by atoms with Crippen LogP contribution in [0, 0.1) is 6.92 Å². The topological polar surface area (TPSA) is 59.3 Å². The normalized spacial score (nSPS) is 10.2. The Hall–Kier alpha value is -1.58. The van der Waals surface area contributed by atoms with Crippen molar-refractivity contribution >= 4 is 5.97 Å². The first-order valence-electron chi connectivity index (χ1n) is 4.98. The highest BCUT2D eigenvalue weighted by atomic mass is 16.4. The van der Waals surface area contributed by atoms with E-state index in [1.54, 1.807) is 16.8 Å². The molecule has 0 saturated heterocycles. The van der Waals surface area contributed by atoms with Gasteiger partial charge in [-0.15, -0.1) is 0 Å². The number of pyridine rings is 1. The van der Waals surface area contributed by atoms with Crippen LogP contribution >= 0.6 is 0 Å². The molecule has 1 rings (SSSR count). The number of aromatic nitrogens is 1. The summed E-state index contributed by atoms with van der Waals surface area (Å²) in [7, 11) is 0. The van der Waals surface area contributed by atoms with E-state index in [-0.39, 0.29) is 12.0 Å². The second kappa shape index (κ2) is 5.34. The van der Waals surface area contributed by atoms with Gasteiger partial charge >= 0.3 is 5.97 Å². The average molecular weight is 209 g/mol. The van der Waals surface area contributed by atoms with Gasteiger partial charge in [-0.25, -0.2) is 0 Å². The fourth-order valence-electron chi connectivity index (χ4n) is 1.35. The molecule has 0 aliphatic carbocycles. The number of unbranched alkanes of at least 4 members (excludes halogenated alkanes) is 1. The van der Waals surface area contributed by atoms with E-state index in [2.05, 4.69) is 0 Å². The van der Waals surface area contributed by atoms with Crippen molar-refractivity contribution in [2.75, 3.05) is 0 Å². The van der Waals surface area contributed by atoms with E-state index in [1.807, 2.05) is 13.0 Å². The zero-order chi connectivity index (χ0) is 11.3. The maximum atomic E-state index is 11.4. The van der Waals surface area contributed by atoms with Crippen molar-refractivity contribution in [1.29, 1.82) is 0 Å². The highest BCUT2D eigenvalue weighted by Crippen LogP contribution is 1.98. The van der Waals surface area contributed by atoms with Gasteiger partial charge in [-0.05, 0) is 31.4 Å². The second-order valence-electron chi connectivity index (χ2n) is 3.59. The maximum Gasteiger partial charge on any atom is 0.303 e. The molecule has 1 N–H and O–H groups in total. The molecule has 1 aromatic rings. The number of aryl methyl sites for hydroxylation is 2. The minimum absolute atomic E-state index is 0.0228. The van der Waals surface area contributed by atoms with Crippen LogP contribution in [0.2, 0.25) is 0 Å². The molecule has 82 valence electrons. The van der Waals surface area contributed by atoms with Crippen LogP contribution in [0.5, 0.6) is 0 Å². The van der Waals surface area contributed by atoms with Crippen molar-refractivity contribution < 1.29 is 9.90 Å². The van der Waals surface area contributed by atoms with Crippen LogP contribution in [0.15, 0.2) is 23.1 Å². The third kappa shape index (κ3) is 3.97. The zero-order valence-corrected chi connectivity index (χ0v) is 8.77. The Labute approximate surface area is 88.2 Å². The summed E-state index contributed by atoms with van der Waals surface area (Å²) in [5.74, 6) is -0.786. The molecule has 4 heteroatoms. The Kier molecular flexibility index (Phi) is 4.09. The Balaban J connectivity index is 2.44. The molecule has 0 fully saturated rings. The number of hydrogen-bond donors (Lipinski definition) is 1. The first-order chi connectivity index (χ1) is 7.09. The summed E-state index contributed by atoms with van der Waals surface area (Å²) in [6.45, 7) is 2.46. The molecule has 1 heterocycles. The SMILES string of the molecule is Cc1ccn(CCCCC(=O)O)c(=O)c1. The van der Waals surface area contributed by atoms with Gasteiger partial charge in [-0.2, -0.15) is 0 Å². The first-order valence-corrected chi connectivity index (χ1v) is 4.98. The Morgan fingerprint density at radius 1 is 1.47 bits per heavy atom. The van der Waals surface area contributed by atoms with Gasteiger partial charge in [0.15, 0.2) is 0 Å². The molecule has 0 atom stereocenters. The molecular weight excluding hydrogens is 194 g/mol. The predicted molar refractivity (Wildman–Crippen MR) is 56.9 cm³/mol. The van der Waals surface area contributed by atoms with Crippen molar-refractivity contribution in [1.82, 2.24) is 4.57 Å². The molecule has 0 amide bonds. The highest BCUT2D eigenvalue weighted by molar-refractivity contribution is 5.66. The van der Waals surface area contributed by atoms with Crippen molar-refractivity contribution in [3.63, 3.8) is 0 Å². The smallest absolute Gasteiger partial charge is 0.303 e. The van der Waals surface area contributed by atoms with Gasteiger partial charge in [0, 0.05) is 25.2 Å². The molecule has 0 aliphatic heterocycles. The van der Waals surface area contributed by atoms with Gasteiger partial charge in [0.25, 0.3) is 5.56 Å². The lowest BCUT2D eigenvalue weighted by molar-refractivity contribution is -0.137. The molecule has 0 aromatic carbocycles.